The number of rotatable bonds is 45. The Morgan fingerprint density at radius 3 is 1.36 bits per heavy atom. The van der Waals surface area contributed by atoms with Crippen molar-refractivity contribution >= 4 is 23.8 Å². The van der Waals surface area contributed by atoms with Crippen molar-refractivity contribution in [2.75, 3.05) is 13.2 Å². The molecule has 9 heteroatoms. The van der Waals surface area contributed by atoms with Crippen molar-refractivity contribution in [3.05, 3.63) is 48.6 Å². The fourth-order valence-electron chi connectivity index (χ4n) is 7.27. The van der Waals surface area contributed by atoms with Crippen LogP contribution in [0.4, 0.5) is 0 Å². The van der Waals surface area contributed by atoms with Crippen LogP contribution < -0.4 is 10.6 Å². The molecule has 0 spiro atoms. The van der Waals surface area contributed by atoms with E-state index in [2.05, 4.69) is 67.0 Å². The van der Waals surface area contributed by atoms with Gasteiger partial charge in [-0.15, -0.1) is 0 Å². The fourth-order valence-corrected chi connectivity index (χ4v) is 7.27. The Bertz CT molecular complexity index is 1160. The van der Waals surface area contributed by atoms with Crippen molar-refractivity contribution in [1.82, 2.24) is 10.6 Å². The Morgan fingerprint density at radius 2 is 0.918 bits per heavy atom. The summed E-state index contributed by atoms with van der Waals surface area (Å²) in [6.45, 7) is 3.37. The van der Waals surface area contributed by atoms with Crippen LogP contribution in [0.5, 0.6) is 0 Å². The van der Waals surface area contributed by atoms with Crippen LogP contribution >= 0.6 is 0 Å². The molecule has 9 nitrogen and oxygen atoms in total. The lowest BCUT2D eigenvalue weighted by Crippen LogP contribution is -2.47. The molecule has 0 aliphatic carbocycles. The van der Waals surface area contributed by atoms with E-state index < -0.39 is 24.5 Å². The van der Waals surface area contributed by atoms with Crippen molar-refractivity contribution in [2.45, 2.75) is 244 Å². The summed E-state index contributed by atoms with van der Waals surface area (Å²) in [7, 11) is 0. The van der Waals surface area contributed by atoms with Crippen molar-refractivity contribution < 1.29 is 34.1 Å². The molecule has 0 heterocycles. The highest BCUT2D eigenvalue weighted by Crippen LogP contribution is 2.17. The van der Waals surface area contributed by atoms with E-state index in [1.807, 2.05) is 6.08 Å². The summed E-state index contributed by atoms with van der Waals surface area (Å²) in [5, 5.41) is 22.6. The van der Waals surface area contributed by atoms with E-state index in [0.29, 0.717) is 12.8 Å². The number of ether oxygens (including phenoxy) is 1. The predicted molar refractivity (Wildman–Crippen MR) is 254 cm³/mol. The van der Waals surface area contributed by atoms with Crippen LogP contribution in [0.3, 0.4) is 0 Å². The third kappa shape index (κ3) is 43.3. The molecule has 2 amide bonds. The van der Waals surface area contributed by atoms with Crippen LogP contribution in [-0.2, 0) is 23.9 Å². The maximum atomic E-state index is 12.8. The van der Waals surface area contributed by atoms with Crippen molar-refractivity contribution in [2.24, 2.45) is 0 Å². The van der Waals surface area contributed by atoms with Crippen LogP contribution in [0.2, 0.25) is 0 Å². The number of esters is 1. The van der Waals surface area contributed by atoms with Gasteiger partial charge in [0.1, 0.15) is 12.1 Å². The van der Waals surface area contributed by atoms with Gasteiger partial charge in [-0.25, -0.2) is 4.79 Å². The van der Waals surface area contributed by atoms with E-state index >= 15 is 0 Å². The van der Waals surface area contributed by atoms with Gasteiger partial charge in [-0.2, -0.15) is 0 Å². The highest BCUT2D eigenvalue weighted by molar-refractivity contribution is 5.87. The van der Waals surface area contributed by atoms with Gasteiger partial charge in [0.15, 0.2) is 0 Å². The van der Waals surface area contributed by atoms with Gasteiger partial charge in [-0.3, -0.25) is 14.4 Å². The highest BCUT2D eigenvalue weighted by atomic mass is 16.5. The fraction of sp³-hybridized carbons (Fsp3) is 0.769. The molecule has 4 N–H and O–H groups in total. The van der Waals surface area contributed by atoms with Gasteiger partial charge in [0, 0.05) is 12.8 Å². The molecule has 0 aromatic rings. The SMILES string of the molecule is CC/C=C\C/C=C\C/C=C\C/C=C\C(CCCCCCCC(=O)NCC(=O)NC(CO)C(=O)O)OC(=O)CCCCCCCCCCCCCCCCCCCCCCCC. The van der Waals surface area contributed by atoms with Crippen molar-refractivity contribution in [1.29, 1.82) is 0 Å². The first-order chi connectivity index (χ1) is 29.8. The zero-order chi connectivity index (χ0) is 44.7. The van der Waals surface area contributed by atoms with Gasteiger partial charge in [0.2, 0.25) is 11.8 Å². The van der Waals surface area contributed by atoms with Crippen LogP contribution in [0.1, 0.15) is 232 Å². The molecular weight excluding hydrogens is 765 g/mol. The average molecular weight is 857 g/mol. The molecule has 0 aliphatic rings. The first-order valence-corrected chi connectivity index (χ1v) is 25.0. The zero-order valence-electron chi connectivity index (χ0n) is 39.2. The Labute approximate surface area is 373 Å². The van der Waals surface area contributed by atoms with Gasteiger partial charge in [-0.1, -0.05) is 210 Å². The summed E-state index contributed by atoms with van der Waals surface area (Å²) in [5.74, 6) is -2.39. The predicted octanol–water partition coefficient (Wildman–Crippen LogP) is 13.1. The summed E-state index contributed by atoms with van der Waals surface area (Å²) < 4.78 is 5.94. The lowest BCUT2D eigenvalue weighted by Gasteiger charge is -2.15. The normalized spacial score (nSPS) is 12.8. The molecule has 0 aromatic carbocycles. The second-order valence-corrected chi connectivity index (χ2v) is 16.9. The molecule has 0 saturated heterocycles. The smallest absolute Gasteiger partial charge is 0.328 e. The zero-order valence-corrected chi connectivity index (χ0v) is 39.2. The number of amides is 2. The first-order valence-electron chi connectivity index (χ1n) is 25.0. The topological polar surface area (TPSA) is 142 Å². The third-order valence-corrected chi connectivity index (χ3v) is 11.1. The molecule has 0 fully saturated rings. The van der Waals surface area contributed by atoms with E-state index in [4.69, 9.17) is 14.9 Å². The Balaban J connectivity index is 4.23. The molecule has 2 atom stereocenters. The molecule has 0 aliphatic heterocycles. The highest BCUT2D eigenvalue weighted by Gasteiger charge is 2.18. The summed E-state index contributed by atoms with van der Waals surface area (Å²) in [4.78, 5) is 47.7. The monoisotopic (exact) mass is 857 g/mol. The van der Waals surface area contributed by atoms with Gasteiger partial charge in [0.25, 0.3) is 0 Å². The van der Waals surface area contributed by atoms with Crippen molar-refractivity contribution in [3.63, 3.8) is 0 Å². The molecule has 352 valence electrons. The molecule has 0 radical (unpaired) electrons. The van der Waals surface area contributed by atoms with Crippen LogP contribution in [-0.4, -0.2) is 59.3 Å². The summed E-state index contributed by atoms with van der Waals surface area (Å²) in [6, 6.07) is -1.39. The van der Waals surface area contributed by atoms with Gasteiger partial charge in [0.05, 0.1) is 13.2 Å². The average Bonchev–Trinajstić information content (AvgIpc) is 3.25. The molecule has 0 rings (SSSR count). The second kappa shape index (κ2) is 46.3. The largest absolute Gasteiger partial charge is 0.480 e. The molecular formula is C52H92N2O7. The summed E-state index contributed by atoms with van der Waals surface area (Å²) >= 11 is 0. The molecule has 0 saturated carbocycles. The Morgan fingerprint density at radius 1 is 0.508 bits per heavy atom. The summed E-state index contributed by atoms with van der Waals surface area (Å²) in [6.07, 6.45) is 56.1. The minimum absolute atomic E-state index is 0.116. The molecule has 2 unspecified atom stereocenters. The van der Waals surface area contributed by atoms with E-state index in [1.165, 1.54) is 128 Å². The minimum Gasteiger partial charge on any atom is -0.480 e. The van der Waals surface area contributed by atoms with Crippen LogP contribution in [0.25, 0.3) is 0 Å². The Kier molecular flexibility index (Phi) is 43.9. The number of carbonyl (C=O) groups excluding carboxylic acids is 3. The second-order valence-electron chi connectivity index (χ2n) is 16.9. The number of carbonyl (C=O) groups is 4. The number of hydrogen-bond acceptors (Lipinski definition) is 6. The first kappa shape index (κ1) is 57.8. The minimum atomic E-state index is -1.39. The third-order valence-electron chi connectivity index (χ3n) is 11.1. The lowest BCUT2D eigenvalue weighted by atomic mass is 10.0. The number of hydrogen-bond donors (Lipinski definition) is 4. The van der Waals surface area contributed by atoms with E-state index in [0.717, 1.165) is 70.6 Å². The van der Waals surface area contributed by atoms with Gasteiger partial charge in [-0.05, 0) is 57.4 Å². The number of unbranched alkanes of at least 4 members (excludes halogenated alkanes) is 25. The van der Waals surface area contributed by atoms with E-state index in [9.17, 15) is 19.2 Å². The molecule has 61 heavy (non-hydrogen) atoms. The number of carboxylic acids is 1. The summed E-state index contributed by atoms with van der Waals surface area (Å²) in [5.41, 5.74) is 0. The maximum absolute atomic E-state index is 12.8. The van der Waals surface area contributed by atoms with Gasteiger partial charge < -0.3 is 25.6 Å². The number of carboxylic acid groups (broad SMARTS) is 1. The number of allylic oxidation sites excluding steroid dienone is 7. The quantitative estimate of drug-likeness (QED) is 0.0271. The number of aliphatic hydroxyl groups is 1. The molecule has 0 aromatic heterocycles. The standard InChI is InChI=1S/C52H92N2O7/c1-3-5-7-9-11-13-15-16-17-18-19-20-21-22-23-24-25-27-29-31-36-40-44-51(58)61-47(41-37-33-30-28-26-14-12-10-8-6-4-2)42-38-34-32-35-39-43-49(56)53-45-50(57)54-48(46-55)52(59)60/h6,8,12,14,28,30,37,41,47-48,55H,3-5,7,9-11,13,15-27,29,31-36,38-40,42-46H2,1-2H3,(H,53,56)(H,54,57)(H,59,60)/b8-6-,14-12-,30-28-,41-37-. The number of aliphatic hydroxyl groups excluding tert-OH is 1. The van der Waals surface area contributed by atoms with E-state index in [1.54, 1.807) is 0 Å². The number of aliphatic carboxylic acids is 1. The lowest BCUT2D eigenvalue weighted by molar-refractivity contribution is -0.147. The van der Waals surface area contributed by atoms with Crippen LogP contribution in [0, 0.1) is 0 Å². The van der Waals surface area contributed by atoms with Crippen LogP contribution in [0.15, 0.2) is 48.6 Å². The van der Waals surface area contributed by atoms with Gasteiger partial charge >= 0.3 is 11.9 Å². The van der Waals surface area contributed by atoms with E-state index in [-0.39, 0.29) is 30.9 Å². The van der Waals surface area contributed by atoms with Crippen molar-refractivity contribution in [3.8, 4) is 0 Å². The Hall–Kier alpha value is -3.20. The molecule has 0 bridgehead atoms. The number of nitrogens with one attached hydrogen (secondary N) is 2. The maximum Gasteiger partial charge on any atom is 0.328 e.